The Kier molecular flexibility index (Phi) is 6.58. The molecule has 0 saturated heterocycles. The number of aromatic nitrogens is 1. The number of fused-ring (bicyclic) bond motifs is 1. The highest BCUT2D eigenvalue weighted by molar-refractivity contribution is 7.18. The molecule has 0 unspecified atom stereocenters. The quantitative estimate of drug-likeness (QED) is 0.427. The number of benzene rings is 3. The maximum atomic E-state index is 12.5. The van der Waals surface area contributed by atoms with Gasteiger partial charge in [-0.1, -0.05) is 48.5 Å². The lowest BCUT2D eigenvalue weighted by molar-refractivity contribution is -0.120. The van der Waals surface area contributed by atoms with Crippen LogP contribution in [0.3, 0.4) is 0 Å². The Hall–Kier alpha value is -3.55. The molecule has 32 heavy (non-hydrogen) atoms. The molecule has 0 atom stereocenters. The van der Waals surface area contributed by atoms with Gasteiger partial charge in [-0.3, -0.25) is 14.4 Å². The van der Waals surface area contributed by atoms with Crippen molar-refractivity contribution in [2.45, 2.75) is 13.0 Å². The van der Waals surface area contributed by atoms with Crippen molar-refractivity contribution in [3.8, 4) is 11.1 Å². The topological polar surface area (TPSA) is 71.5 Å². The number of nitrogens with zero attached hydrogens (tertiary/aromatic N) is 2. The van der Waals surface area contributed by atoms with E-state index in [9.17, 15) is 9.59 Å². The first-order valence-corrected chi connectivity index (χ1v) is 11.0. The van der Waals surface area contributed by atoms with E-state index in [1.165, 1.54) is 18.4 Å². The zero-order valence-corrected chi connectivity index (χ0v) is 18.7. The van der Waals surface area contributed by atoms with Crippen molar-refractivity contribution in [1.82, 2.24) is 15.4 Å². The van der Waals surface area contributed by atoms with Gasteiger partial charge in [-0.15, -0.1) is 11.3 Å². The monoisotopic (exact) mass is 445 g/mol. The molecule has 1 N–H and O–H groups in total. The molecule has 0 radical (unpaired) electrons. The van der Waals surface area contributed by atoms with Gasteiger partial charge >= 0.3 is 0 Å². The van der Waals surface area contributed by atoms with E-state index in [1.807, 2.05) is 30.3 Å². The molecule has 4 rings (SSSR count). The minimum atomic E-state index is -0.245. The van der Waals surface area contributed by atoms with Gasteiger partial charge in [-0.05, 0) is 41.0 Å². The van der Waals surface area contributed by atoms with Crippen LogP contribution in [0.2, 0.25) is 0 Å². The van der Waals surface area contributed by atoms with Gasteiger partial charge < -0.3 is 5.32 Å². The van der Waals surface area contributed by atoms with Crippen LogP contribution in [0.25, 0.3) is 21.3 Å². The second kappa shape index (κ2) is 9.72. The van der Waals surface area contributed by atoms with Crippen molar-refractivity contribution >= 4 is 33.4 Å². The number of hydrogen-bond donors (Lipinski definition) is 1. The Labute approximate surface area is 190 Å². The van der Waals surface area contributed by atoms with Crippen molar-refractivity contribution in [3.63, 3.8) is 0 Å². The third-order valence-corrected chi connectivity index (χ3v) is 6.09. The third-order valence-electron chi connectivity index (χ3n) is 5.08. The first-order valence-electron chi connectivity index (χ1n) is 10.2. The van der Waals surface area contributed by atoms with Crippen LogP contribution in [-0.4, -0.2) is 36.0 Å². The Balaban J connectivity index is 1.40. The van der Waals surface area contributed by atoms with Crippen LogP contribution in [0, 0.1) is 0 Å². The summed E-state index contributed by atoms with van der Waals surface area (Å²) in [6, 6.07) is 23.5. The molecule has 0 bridgehead atoms. The van der Waals surface area contributed by atoms with Crippen molar-refractivity contribution in [2.75, 3.05) is 14.2 Å². The fourth-order valence-electron chi connectivity index (χ4n) is 3.34. The van der Waals surface area contributed by atoms with E-state index in [4.69, 9.17) is 4.84 Å². The molecule has 0 saturated carbocycles. The SMILES string of the molecule is CON(C)C(=O)c1cccc(CNC(=O)Cc2nc3ccc(-c4ccccc4)cc3s2)c1. The van der Waals surface area contributed by atoms with E-state index in [1.54, 1.807) is 25.2 Å². The average Bonchev–Trinajstić information content (AvgIpc) is 3.23. The van der Waals surface area contributed by atoms with E-state index in [0.29, 0.717) is 12.1 Å². The van der Waals surface area contributed by atoms with Crippen LogP contribution in [0.5, 0.6) is 0 Å². The molecular weight excluding hydrogens is 422 g/mol. The maximum Gasteiger partial charge on any atom is 0.277 e. The summed E-state index contributed by atoms with van der Waals surface area (Å²) >= 11 is 1.53. The highest BCUT2D eigenvalue weighted by atomic mass is 32.1. The lowest BCUT2D eigenvalue weighted by Crippen LogP contribution is -2.26. The van der Waals surface area contributed by atoms with E-state index in [2.05, 4.69) is 34.6 Å². The van der Waals surface area contributed by atoms with Gasteiger partial charge in [-0.25, -0.2) is 10.0 Å². The third kappa shape index (κ3) is 5.01. The molecular formula is C25H23N3O3S. The van der Waals surface area contributed by atoms with Crippen LogP contribution < -0.4 is 5.32 Å². The van der Waals surface area contributed by atoms with E-state index in [-0.39, 0.29) is 18.2 Å². The number of carbonyl (C=O) groups excluding carboxylic acids is 2. The molecule has 4 aromatic rings. The van der Waals surface area contributed by atoms with Crippen molar-refractivity contribution in [1.29, 1.82) is 0 Å². The zero-order valence-electron chi connectivity index (χ0n) is 17.9. The summed E-state index contributed by atoms with van der Waals surface area (Å²) in [6.07, 6.45) is 0.213. The van der Waals surface area contributed by atoms with Gasteiger partial charge in [-0.2, -0.15) is 0 Å². The van der Waals surface area contributed by atoms with Crippen LogP contribution in [-0.2, 0) is 22.6 Å². The minimum absolute atomic E-state index is 0.113. The molecule has 1 heterocycles. The standard InChI is InChI=1S/C25H23N3O3S/c1-28(31-2)25(30)20-10-6-7-17(13-20)16-26-23(29)15-24-27-21-12-11-19(14-22(21)32-24)18-8-4-3-5-9-18/h3-14H,15-16H2,1-2H3,(H,26,29). The van der Waals surface area contributed by atoms with E-state index < -0.39 is 0 Å². The number of nitrogens with one attached hydrogen (secondary N) is 1. The normalized spacial score (nSPS) is 10.8. The van der Waals surface area contributed by atoms with Gasteiger partial charge in [0.2, 0.25) is 5.91 Å². The Bertz CT molecular complexity index is 1250. The predicted molar refractivity (Wildman–Crippen MR) is 126 cm³/mol. The lowest BCUT2D eigenvalue weighted by atomic mass is 10.1. The van der Waals surface area contributed by atoms with Crippen LogP contribution in [0.1, 0.15) is 20.9 Å². The maximum absolute atomic E-state index is 12.5. The van der Waals surface area contributed by atoms with Crippen LogP contribution in [0.4, 0.5) is 0 Å². The van der Waals surface area contributed by atoms with Gasteiger partial charge in [0.25, 0.3) is 5.91 Å². The molecule has 0 spiro atoms. The largest absolute Gasteiger partial charge is 0.352 e. The smallest absolute Gasteiger partial charge is 0.277 e. The molecule has 0 fully saturated rings. The lowest BCUT2D eigenvalue weighted by Gasteiger charge is -2.14. The van der Waals surface area contributed by atoms with Crippen molar-refractivity contribution in [3.05, 3.63) is 88.9 Å². The Morgan fingerprint density at radius 3 is 2.59 bits per heavy atom. The average molecular weight is 446 g/mol. The van der Waals surface area contributed by atoms with Crippen molar-refractivity contribution < 1.29 is 14.4 Å². The number of hydroxylamine groups is 2. The molecule has 6 nitrogen and oxygen atoms in total. The minimum Gasteiger partial charge on any atom is -0.352 e. The van der Waals surface area contributed by atoms with Crippen LogP contribution in [0.15, 0.2) is 72.8 Å². The zero-order chi connectivity index (χ0) is 22.5. The van der Waals surface area contributed by atoms with Gasteiger partial charge in [0, 0.05) is 19.2 Å². The summed E-state index contributed by atoms with van der Waals surface area (Å²) in [6.45, 7) is 0.333. The predicted octanol–water partition coefficient (Wildman–Crippen LogP) is 4.46. The highest BCUT2D eigenvalue weighted by Gasteiger charge is 2.13. The highest BCUT2D eigenvalue weighted by Crippen LogP contribution is 2.28. The number of rotatable bonds is 7. The molecule has 2 amide bonds. The summed E-state index contributed by atoms with van der Waals surface area (Å²) in [5.41, 5.74) is 4.52. The molecule has 1 aromatic heterocycles. The molecule has 0 aliphatic rings. The first kappa shape index (κ1) is 21.7. The Morgan fingerprint density at radius 1 is 1.00 bits per heavy atom. The van der Waals surface area contributed by atoms with Gasteiger partial charge in [0.15, 0.2) is 0 Å². The van der Waals surface area contributed by atoms with Gasteiger partial charge in [0.05, 0.1) is 23.7 Å². The number of thiazole rings is 1. The number of hydrogen-bond acceptors (Lipinski definition) is 5. The first-order chi connectivity index (χ1) is 15.5. The van der Waals surface area contributed by atoms with E-state index in [0.717, 1.165) is 37.0 Å². The fourth-order valence-corrected chi connectivity index (χ4v) is 4.34. The van der Waals surface area contributed by atoms with Crippen molar-refractivity contribution in [2.24, 2.45) is 0 Å². The molecule has 162 valence electrons. The van der Waals surface area contributed by atoms with Gasteiger partial charge in [0.1, 0.15) is 5.01 Å². The molecule has 0 aliphatic carbocycles. The fraction of sp³-hybridized carbons (Fsp3) is 0.160. The second-order valence-electron chi connectivity index (χ2n) is 7.30. The molecule has 0 aliphatic heterocycles. The summed E-state index contributed by atoms with van der Waals surface area (Å²) in [5.74, 6) is -0.358. The number of amides is 2. The molecule has 7 heteroatoms. The summed E-state index contributed by atoms with van der Waals surface area (Å²) in [4.78, 5) is 34.2. The summed E-state index contributed by atoms with van der Waals surface area (Å²) in [7, 11) is 2.99. The summed E-state index contributed by atoms with van der Waals surface area (Å²) in [5, 5.41) is 4.84. The Morgan fingerprint density at radius 2 is 1.81 bits per heavy atom. The molecule has 3 aromatic carbocycles. The van der Waals surface area contributed by atoms with Crippen LogP contribution >= 0.6 is 11.3 Å². The summed E-state index contributed by atoms with van der Waals surface area (Å²) < 4.78 is 1.06. The second-order valence-corrected chi connectivity index (χ2v) is 8.41. The number of carbonyl (C=O) groups is 2. The van der Waals surface area contributed by atoms with E-state index >= 15 is 0 Å².